The summed E-state index contributed by atoms with van der Waals surface area (Å²) >= 11 is 0. The third-order valence-electron chi connectivity index (χ3n) is 1.83. The molecule has 1 amide bonds. The summed E-state index contributed by atoms with van der Waals surface area (Å²) in [6, 6.07) is -0.261. The second-order valence-electron chi connectivity index (χ2n) is 2.79. The van der Waals surface area contributed by atoms with E-state index in [-0.39, 0.29) is 11.9 Å². The number of hydroxylamine groups is 1. The molecule has 1 aliphatic heterocycles. The first-order valence-corrected chi connectivity index (χ1v) is 3.98. The Morgan fingerprint density at radius 2 is 2.69 bits per heavy atom. The number of nitrogens with zero attached hydrogens (tertiary/aromatic N) is 1. The highest BCUT2D eigenvalue weighted by Gasteiger charge is 2.24. The molecule has 2 heterocycles. The minimum Gasteiger partial charge on any atom is -0.347 e. The number of carbonyl (C=O) groups is 1. The summed E-state index contributed by atoms with van der Waals surface area (Å²) in [7, 11) is 0. The van der Waals surface area contributed by atoms with Gasteiger partial charge in [-0.25, -0.2) is 10.5 Å². The van der Waals surface area contributed by atoms with Gasteiger partial charge in [0.25, 0.3) is 5.91 Å². The molecule has 13 heavy (non-hydrogen) atoms. The van der Waals surface area contributed by atoms with Crippen LogP contribution in [-0.4, -0.2) is 28.5 Å². The summed E-state index contributed by atoms with van der Waals surface area (Å²) in [6.07, 6.45) is 3.31. The molecule has 0 saturated carbocycles. The lowest BCUT2D eigenvalue weighted by Gasteiger charge is -2.05. The molecule has 1 aromatic heterocycles. The molecule has 6 nitrogen and oxygen atoms in total. The van der Waals surface area contributed by atoms with Crippen LogP contribution in [0.1, 0.15) is 5.69 Å². The minimum atomic E-state index is -0.261. The average molecular weight is 182 g/mol. The van der Waals surface area contributed by atoms with Gasteiger partial charge in [0, 0.05) is 18.4 Å². The molecule has 0 aliphatic carbocycles. The van der Waals surface area contributed by atoms with Crippen molar-refractivity contribution >= 4 is 5.91 Å². The van der Waals surface area contributed by atoms with E-state index in [1.54, 1.807) is 12.5 Å². The van der Waals surface area contributed by atoms with E-state index in [2.05, 4.69) is 20.8 Å². The van der Waals surface area contributed by atoms with Gasteiger partial charge >= 0.3 is 0 Å². The van der Waals surface area contributed by atoms with E-state index in [1.807, 2.05) is 0 Å². The number of aromatic nitrogens is 2. The van der Waals surface area contributed by atoms with Crippen LogP contribution >= 0.6 is 0 Å². The molecule has 1 atom stereocenters. The summed E-state index contributed by atoms with van der Waals surface area (Å²) in [5, 5.41) is 3.03. The second-order valence-corrected chi connectivity index (χ2v) is 2.79. The Labute approximate surface area is 74.6 Å². The zero-order chi connectivity index (χ0) is 9.10. The SMILES string of the molecule is O=C1NOCC1NCc1cnc[nH]1. The lowest BCUT2D eigenvalue weighted by Crippen LogP contribution is -2.37. The van der Waals surface area contributed by atoms with Crippen molar-refractivity contribution in [1.82, 2.24) is 20.8 Å². The fraction of sp³-hybridized carbons (Fsp3) is 0.429. The van der Waals surface area contributed by atoms with Crippen molar-refractivity contribution in [2.75, 3.05) is 6.61 Å². The van der Waals surface area contributed by atoms with Gasteiger partial charge in [-0.2, -0.15) is 0 Å². The summed E-state index contributed by atoms with van der Waals surface area (Å²) in [5.74, 6) is -0.125. The van der Waals surface area contributed by atoms with E-state index in [0.717, 1.165) is 5.69 Å². The van der Waals surface area contributed by atoms with Gasteiger partial charge < -0.3 is 4.98 Å². The van der Waals surface area contributed by atoms with Gasteiger partial charge in [-0.15, -0.1) is 0 Å². The molecular weight excluding hydrogens is 172 g/mol. The molecule has 1 fully saturated rings. The van der Waals surface area contributed by atoms with E-state index in [0.29, 0.717) is 13.2 Å². The van der Waals surface area contributed by atoms with Crippen molar-refractivity contribution < 1.29 is 9.63 Å². The van der Waals surface area contributed by atoms with Crippen molar-refractivity contribution in [2.24, 2.45) is 0 Å². The number of amides is 1. The van der Waals surface area contributed by atoms with Crippen molar-refractivity contribution in [3.63, 3.8) is 0 Å². The average Bonchev–Trinajstić information content (AvgIpc) is 2.72. The van der Waals surface area contributed by atoms with E-state index in [1.165, 1.54) is 0 Å². The number of hydrogen-bond acceptors (Lipinski definition) is 4. The lowest BCUT2D eigenvalue weighted by molar-refractivity contribution is -0.125. The first kappa shape index (κ1) is 8.21. The summed E-state index contributed by atoms with van der Waals surface area (Å²) in [6.45, 7) is 0.953. The van der Waals surface area contributed by atoms with Gasteiger partial charge in [0.05, 0.1) is 12.9 Å². The maximum Gasteiger partial charge on any atom is 0.263 e. The Kier molecular flexibility index (Phi) is 2.24. The summed E-state index contributed by atoms with van der Waals surface area (Å²) in [4.78, 5) is 22.5. The van der Waals surface area contributed by atoms with E-state index in [9.17, 15) is 4.79 Å². The van der Waals surface area contributed by atoms with Crippen LogP contribution in [0.2, 0.25) is 0 Å². The first-order valence-electron chi connectivity index (χ1n) is 3.98. The second kappa shape index (κ2) is 3.55. The predicted molar refractivity (Wildman–Crippen MR) is 43.3 cm³/mol. The molecule has 0 aromatic carbocycles. The van der Waals surface area contributed by atoms with Gasteiger partial charge in [-0.05, 0) is 0 Å². The topological polar surface area (TPSA) is 79.0 Å². The molecule has 0 radical (unpaired) electrons. The van der Waals surface area contributed by atoms with Crippen molar-refractivity contribution in [3.8, 4) is 0 Å². The van der Waals surface area contributed by atoms with Gasteiger partial charge in [-0.1, -0.05) is 0 Å². The Hall–Kier alpha value is -1.40. The zero-order valence-corrected chi connectivity index (χ0v) is 6.91. The Morgan fingerprint density at radius 3 is 3.31 bits per heavy atom. The molecule has 0 bridgehead atoms. The molecule has 1 unspecified atom stereocenters. The quantitative estimate of drug-likeness (QED) is 0.556. The van der Waals surface area contributed by atoms with Crippen LogP contribution in [0.15, 0.2) is 12.5 Å². The maximum atomic E-state index is 11.0. The standard InChI is InChI=1S/C7H10N4O2/c12-7-6(3-13-11-7)9-2-5-1-8-4-10-5/h1,4,6,9H,2-3H2,(H,8,10)(H,11,12). The monoisotopic (exact) mass is 182 g/mol. The molecule has 3 N–H and O–H groups in total. The lowest BCUT2D eigenvalue weighted by atomic mass is 10.3. The maximum absolute atomic E-state index is 11.0. The predicted octanol–water partition coefficient (Wildman–Crippen LogP) is -1.07. The van der Waals surface area contributed by atoms with Crippen LogP contribution in [0.25, 0.3) is 0 Å². The van der Waals surface area contributed by atoms with Crippen LogP contribution in [0.4, 0.5) is 0 Å². The molecular formula is C7H10N4O2. The van der Waals surface area contributed by atoms with Gasteiger partial charge in [0.2, 0.25) is 0 Å². The zero-order valence-electron chi connectivity index (χ0n) is 6.91. The largest absolute Gasteiger partial charge is 0.347 e. The van der Waals surface area contributed by atoms with Gasteiger partial charge in [-0.3, -0.25) is 14.9 Å². The van der Waals surface area contributed by atoms with Crippen molar-refractivity contribution in [3.05, 3.63) is 18.2 Å². The van der Waals surface area contributed by atoms with Crippen LogP contribution < -0.4 is 10.8 Å². The van der Waals surface area contributed by atoms with Gasteiger partial charge in [0.15, 0.2) is 0 Å². The first-order chi connectivity index (χ1) is 6.36. The van der Waals surface area contributed by atoms with Crippen LogP contribution in [0.3, 0.4) is 0 Å². The highest BCUT2D eigenvalue weighted by Crippen LogP contribution is 1.96. The normalized spacial score (nSPS) is 21.8. The molecule has 1 aliphatic rings. The molecule has 2 rings (SSSR count). The number of carbonyl (C=O) groups excluding carboxylic acids is 1. The van der Waals surface area contributed by atoms with Crippen molar-refractivity contribution in [1.29, 1.82) is 0 Å². The number of nitrogens with one attached hydrogen (secondary N) is 3. The highest BCUT2D eigenvalue weighted by molar-refractivity contribution is 5.82. The number of H-pyrrole nitrogens is 1. The third kappa shape index (κ3) is 1.85. The van der Waals surface area contributed by atoms with E-state index >= 15 is 0 Å². The minimum absolute atomic E-state index is 0.125. The number of hydrogen-bond donors (Lipinski definition) is 3. The molecule has 6 heteroatoms. The fourth-order valence-corrected chi connectivity index (χ4v) is 1.11. The Balaban J connectivity index is 1.82. The van der Waals surface area contributed by atoms with Crippen molar-refractivity contribution in [2.45, 2.75) is 12.6 Å². The molecule has 1 saturated heterocycles. The van der Waals surface area contributed by atoms with Gasteiger partial charge in [0.1, 0.15) is 6.04 Å². The van der Waals surface area contributed by atoms with Crippen LogP contribution in [-0.2, 0) is 16.2 Å². The summed E-state index contributed by atoms with van der Waals surface area (Å²) in [5.41, 5.74) is 3.22. The molecule has 70 valence electrons. The smallest absolute Gasteiger partial charge is 0.263 e. The van der Waals surface area contributed by atoms with E-state index < -0.39 is 0 Å². The molecule has 1 aromatic rings. The summed E-state index contributed by atoms with van der Waals surface area (Å²) < 4.78 is 0. The van der Waals surface area contributed by atoms with E-state index in [4.69, 9.17) is 4.84 Å². The third-order valence-corrected chi connectivity index (χ3v) is 1.83. The Morgan fingerprint density at radius 1 is 1.77 bits per heavy atom. The highest BCUT2D eigenvalue weighted by atomic mass is 16.7. The van der Waals surface area contributed by atoms with Crippen LogP contribution in [0.5, 0.6) is 0 Å². The fourth-order valence-electron chi connectivity index (χ4n) is 1.11. The number of imidazole rings is 1. The van der Waals surface area contributed by atoms with Crippen LogP contribution in [0, 0.1) is 0 Å². The Bertz CT molecular complexity index is 285. The number of aromatic amines is 1. The number of rotatable bonds is 3. The molecule has 0 spiro atoms.